The van der Waals surface area contributed by atoms with Crippen molar-refractivity contribution in [2.45, 2.75) is 12.6 Å². The van der Waals surface area contributed by atoms with Gasteiger partial charge in [0, 0.05) is 0 Å². The van der Waals surface area contributed by atoms with E-state index in [0.29, 0.717) is 23.0 Å². The summed E-state index contributed by atoms with van der Waals surface area (Å²) in [6, 6.07) is 3.29. The Morgan fingerprint density at radius 1 is 1.59 bits per heavy atom. The Labute approximate surface area is 101 Å². The van der Waals surface area contributed by atoms with Gasteiger partial charge in [-0.05, 0) is 18.6 Å². The van der Waals surface area contributed by atoms with Crippen LogP contribution in [0.5, 0.6) is 0 Å². The topological polar surface area (TPSA) is 59.3 Å². The summed E-state index contributed by atoms with van der Waals surface area (Å²) in [6.07, 6.45) is 0.817. The lowest BCUT2D eigenvalue weighted by molar-refractivity contribution is -0.117. The van der Waals surface area contributed by atoms with Crippen molar-refractivity contribution in [2.75, 3.05) is 5.32 Å². The third-order valence-electron chi connectivity index (χ3n) is 2.59. The van der Waals surface area contributed by atoms with E-state index in [1.807, 2.05) is 0 Å². The first-order valence-electron chi connectivity index (χ1n) is 5.10. The standard InChI is InChI=1S/C10H8ClFN4O/c11-7-1-2-9-13-8(4-16(9)15-7)14-10(17)5-3-6(5)12/h1-2,4-6H,3H2,(H,14,17)/t5-,6+/m1/s1. The maximum Gasteiger partial charge on any atom is 0.231 e. The van der Waals surface area contributed by atoms with Gasteiger partial charge in [0.1, 0.15) is 11.3 Å². The highest BCUT2D eigenvalue weighted by atomic mass is 35.5. The summed E-state index contributed by atoms with van der Waals surface area (Å²) < 4.78 is 14.1. The number of alkyl halides is 1. The summed E-state index contributed by atoms with van der Waals surface area (Å²) in [5.74, 6) is -0.521. The highest BCUT2D eigenvalue weighted by Crippen LogP contribution is 2.34. The molecule has 2 aromatic rings. The number of nitrogens with zero attached hydrogens (tertiary/aromatic N) is 3. The zero-order valence-electron chi connectivity index (χ0n) is 8.60. The fraction of sp³-hybridized carbons (Fsp3) is 0.300. The van der Waals surface area contributed by atoms with E-state index in [1.165, 1.54) is 10.7 Å². The van der Waals surface area contributed by atoms with Crippen molar-refractivity contribution >= 4 is 29.0 Å². The van der Waals surface area contributed by atoms with Crippen LogP contribution in [0, 0.1) is 5.92 Å². The van der Waals surface area contributed by atoms with Gasteiger partial charge in [-0.3, -0.25) is 4.79 Å². The molecule has 7 heteroatoms. The number of imidazole rings is 1. The normalized spacial score (nSPS) is 22.7. The van der Waals surface area contributed by atoms with Crippen LogP contribution in [0.15, 0.2) is 18.3 Å². The van der Waals surface area contributed by atoms with E-state index in [9.17, 15) is 9.18 Å². The monoisotopic (exact) mass is 254 g/mol. The lowest BCUT2D eigenvalue weighted by Crippen LogP contribution is -2.15. The Morgan fingerprint density at radius 3 is 3.06 bits per heavy atom. The van der Waals surface area contributed by atoms with Crippen LogP contribution in [0.3, 0.4) is 0 Å². The second-order valence-corrected chi connectivity index (χ2v) is 4.32. The number of hydrogen-bond donors (Lipinski definition) is 1. The van der Waals surface area contributed by atoms with Crippen molar-refractivity contribution in [3.8, 4) is 0 Å². The Balaban J connectivity index is 1.83. The zero-order valence-corrected chi connectivity index (χ0v) is 9.36. The largest absolute Gasteiger partial charge is 0.309 e. The van der Waals surface area contributed by atoms with E-state index in [1.54, 1.807) is 12.1 Å². The summed E-state index contributed by atoms with van der Waals surface area (Å²) in [5.41, 5.74) is 0.567. The van der Waals surface area contributed by atoms with Crippen LogP contribution >= 0.6 is 11.6 Å². The van der Waals surface area contributed by atoms with Crippen LogP contribution in [0.25, 0.3) is 5.65 Å². The minimum absolute atomic E-state index is 0.295. The molecule has 5 nitrogen and oxygen atoms in total. The van der Waals surface area contributed by atoms with Gasteiger partial charge in [0.2, 0.25) is 5.91 Å². The molecule has 1 aliphatic rings. The molecule has 0 unspecified atom stereocenters. The van der Waals surface area contributed by atoms with Gasteiger partial charge < -0.3 is 5.32 Å². The first kappa shape index (κ1) is 10.5. The van der Waals surface area contributed by atoms with Gasteiger partial charge in [-0.25, -0.2) is 13.9 Å². The van der Waals surface area contributed by atoms with Crippen LogP contribution in [0.2, 0.25) is 5.15 Å². The van der Waals surface area contributed by atoms with Gasteiger partial charge >= 0.3 is 0 Å². The molecule has 0 spiro atoms. The van der Waals surface area contributed by atoms with E-state index in [2.05, 4.69) is 15.4 Å². The average Bonchev–Trinajstić information content (AvgIpc) is 2.87. The molecule has 0 radical (unpaired) electrons. The number of nitrogens with one attached hydrogen (secondary N) is 1. The summed E-state index contributed by atoms with van der Waals surface area (Å²) in [7, 11) is 0. The van der Waals surface area contributed by atoms with Crippen molar-refractivity contribution in [3.05, 3.63) is 23.5 Å². The molecule has 2 atom stereocenters. The first-order valence-corrected chi connectivity index (χ1v) is 5.48. The Bertz CT molecular complexity index is 599. The van der Waals surface area contributed by atoms with E-state index >= 15 is 0 Å². The number of aromatic nitrogens is 3. The molecule has 1 fully saturated rings. The van der Waals surface area contributed by atoms with Crippen LogP contribution in [-0.4, -0.2) is 26.7 Å². The van der Waals surface area contributed by atoms with E-state index < -0.39 is 12.1 Å². The van der Waals surface area contributed by atoms with Gasteiger partial charge in [-0.15, -0.1) is 0 Å². The molecule has 17 heavy (non-hydrogen) atoms. The number of anilines is 1. The molecular weight excluding hydrogens is 247 g/mol. The van der Waals surface area contributed by atoms with Crippen molar-refractivity contribution in [1.82, 2.24) is 14.6 Å². The van der Waals surface area contributed by atoms with E-state index in [4.69, 9.17) is 11.6 Å². The maximum absolute atomic E-state index is 12.7. The molecule has 3 rings (SSSR count). The number of rotatable bonds is 2. The molecule has 1 N–H and O–H groups in total. The maximum atomic E-state index is 12.7. The molecule has 1 amide bonds. The lowest BCUT2D eigenvalue weighted by atomic mass is 10.4. The quantitative estimate of drug-likeness (QED) is 0.887. The molecule has 2 heterocycles. The minimum Gasteiger partial charge on any atom is -0.309 e. The lowest BCUT2D eigenvalue weighted by Gasteiger charge is -1.97. The SMILES string of the molecule is O=C(Nc1cn2nc(Cl)ccc2n1)[C@@H]1C[C@@H]1F. The fourth-order valence-electron chi connectivity index (χ4n) is 1.57. The number of halogens is 2. The molecular formula is C10H8ClFN4O. The molecule has 88 valence electrons. The van der Waals surface area contributed by atoms with Gasteiger partial charge in [0.25, 0.3) is 0 Å². The Morgan fingerprint density at radius 2 is 2.35 bits per heavy atom. The molecule has 0 aromatic carbocycles. The Hall–Kier alpha value is -1.69. The molecule has 1 saturated carbocycles. The fourth-order valence-corrected chi connectivity index (χ4v) is 1.72. The average molecular weight is 255 g/mol. The number of amides is 1. The summed E-state index contributed by atoms with van der Waals surface area (Å²) in [4.78, 5) is 15.6. The van der Waals surface area contributed by atoms with Crippen LogP contribution in [0.4, 0.5) is 10.2 Å². The number of hydrogen-bond acceptors (Lipinski definition) is 3. The van der Waals surface area contributed by atoms with Crippen molar-refractivity contribution in [3.63, 3.8) is 0 Å². The number of carbonyl (C=O) groups excluding carboxylic acids is 1. The molecule has 1 aliphatic carbocycles. The van der Waals surface area contributed by atoms with E-state index in [0.717, 1.165) is 0 Å². The molecule has 0 aliphatic heterocycles. The smallest absolute Gasteiger partial charge is 0.231 e. The summed E-state index contributed by atoms with van der Waals surface area (Å²) >= 11 is 5.72. The highest BCUT2D eigenvalue weighted by Gasteiger charge is 2.43. The van der Waals surface area contributed by atoms with Crippen LogP contribution in [-0.2, 0) is 4.79 Å². The van der Waals surface area contributed by atoms with Crippen LogP contribution in [0.1, 0.15) is 6.42 Å². The van der Waals surface area contributed by atoms with Crippen LogP contribution < -0.4 is 5.32 Å². The molecule has 2 aromatic heterocycles. The number of fused-ring (bicyclic) bond motifs is 1. The summed E-state index contributed by atoms with van der Waals surface area (Å²) in [5, 5.41) is 6.85. The Kier molecular flexibility index (Phi) is 2.25. The summed E-state index contributed by atoms with van der Waals surface area (Å²) in [6.45, 7) is 0. The predicted octanol–water partition coefficient (Wildman–Crippen LogP) is 1.68. The second kappa shape index (κ2) is 3.66. The second-order valence-electron chi connectivity index (χ2n) is 3.93. The van der Waals surface area contributed by atoms with Gasteiger partial charge in [-0.1, -0.05) is 11.6 Å². The van der Waals surface area contributed by atoms with Gasteiger partial charge in [-0.2, -0.15) is 5.10 Å². The van der Waals surface area contributed by atoms with Gasteiger partial charge in [0.05, 0.1) is 12.1 Å². The highest BCUT2D eigenvalue weighted by molar-refractivity contribution is 6.29. The first-order chi connectivity index (χ1) is 8.13. The van der Waals surface area contributed by atoms with Crippen molar-refractivity contribution < 1.29 is 9.18 Å². The molecule has 0 bridgehead atoms. The third-order valence-corrected chi connectivity index (χ3v) is 2.79. The number of carbonyl (C=O) groups is 1. The third kappa shape index (κ3) is 1.95. The minimum atomic E-state index is -1.01. The van der Waals surface area contributed by atoms with E-state index in [-0.39, 0.29) is 5.91 Å². The van der Waals surface area contributed by atoms with Crippen molar-refractivity contribution in [2.24, 2.45) is 5.92 Å². The van der Waals surface area contributed by atoms with Gasteiger partial charge in [0.15, 0.2) is 11.5 Å². The van der Waals surface area contributed by atoms with Crippen molar-refractivity contribution in [1.29, 1.82) is 0 Å². The molecule has 0 saturated heterocycles. The zero-order chi connectivity index (χ0) is 12.0. The predicted molar refractivity (Wildman–Crippen MR) is 59.6 cm³/mol.